The minimum Gasteiger partial charge on any atom is -0.384 e. The van der Waals surface area contributed by atoms with Crippen molar-refractivity contribution in [3.63, 3.8) is 0 Å². The highest BCUT2D eigenvalue weighted by atomic mass is 32.1. The summed E-state index contributed by atoms with van der Waals surface area (Å²) in [4.78, 5) is 42.7. The van der Waals surface area contributed by atoms with Gasteiger partial charge in [-0.1, -0.05) is 30.3 Å². The number of rotatable bonds is 11. The van der Waals surface area contributed by atoms with E-state index in [2.05, 4.69) is 10.6 Å². The Kier molecular flexibility index (Phi) is 7.96. The number of amidine groups is 1. The second kappa shape index (κ2) is 11.6. The first-order valence-electron chi connectivity index (χ1n) is 14.7. The van der Waals surface area contributed by atoms with Gasteiger partial charge in [0.15, 0.2) is 0 Å². The van der Waals surface area contributed by atoms with Crippen molar-refractivity contribution in [1.82, 2.24) is 15.5 Å². The number of nitrogen functional groups attached to an aromatic ring is 1. The number of nitrogens with zero attached hydrogens (tertiary/aromatic N) is 1. The number of halogens is 2. The Hall–Kier alpha value is -4.20. The van der Waals surface area contributed by atoms with Gasteiger partial charge in [-0.2, -0.15) is 8.78 Å². The van der Waals surface area contributed by atoms with Crippen LogP contribution in [0.25, 0.3) is 11.1 Å². The molecule has 1 saturated heterocycles. The first-order valence-corrected chi connectivity index (χ1v) is 15.6. The van der Waals surface area contributed by atoms with Gasteiger partial charge in [0, 0.05) is 50.5 Å². The molecule has 1 aromatic heterocycles. The molecule has 0 radical (unpaired) electrons. The van der Waals surface area contributed by atoms with Crippen molar-refractivity contribution < 1.29 is 27.9 Å². The number of piperidine rings is 1. The van der Waals surface area contributed by atoms with Gasteiger partial charge in [0.1, 0.15) is 11.9 Å². The van der Waals surface area contributed by atoms with Crippen molar-refractivity contribution >= 4 is 34.9 Å². The normalized spacial score (nSPS) is 22.6. The molecule has 7 N–H and O–H groups in total. The number of benzene rings is 2. The molecule has 2 aliphatic carbocycles. The number of carbonyl (C=O) groups excluding carboxylic acids is 3. The number of ether oxygens (including phenoxy) is 1. The lowest BCUT2D eigenvalue weighted by Gasteiger charge is -2.28. The molecule has 0 bridgehead atoms. The Morgan fingerprint density at radius 1 is 1.11 bits per heavy atom. The lowest BCUT2D eigenvalue weighted by Crippen LogP contribution is -2.51. The second-order valence-electron chi connectivity index (χ2n) is 11.9. The van der Waals surface area contributed by atoms with Crippen molar-refractivity contribution in [1.29, 1.82) is 5.41 Å². The zero-order valence-electron chi connectivity index (χ0n) is 24.6. The van der Waals surface area contributed by atoms with Crippen LogP contribution in [0.2, 0.25) is 0 Å². The highest BCUT2D eigenvalue weighted by molar-refractivity contribution is 7.10. The fourth-order valence-electron chi connectivity index (χ4n) is 6.55. The Morgan fingerprint density at radius 2 is 1.87 bits per heavy atom. The third-order valence-corrected chi connectivity index (χ3v) is 10.1. The number of fused-ring (bicyclic) bond motifs is 4. The van der Waals surface area contributed by atoms with Gasteiger partial charge < -0.3 is 31.7 Å². The topological polar surface area (TPSA) is 164 Å². The van der Waals surface area contributed by atoms with E-state index in [1.54, 1.807) is 34.5 Å². The van der Waals surface area contributed by atoms with Gasteiger partial charge in [-0.3, -0.25) is 19.8 Å². The first kappa shape index (κ1) is 30.8. The summed E-state index contributed by atoms with van der Waals surface area (Å²) in [5.74, 6) is -4.56. The van der Waals surface area contributed by atoms with Crippen LogP contribution >= 0.6 is 11.3 Å². The molecule has 3 aliphatic rings. The number of carbonyl (C=O) groups is 3. The van der Waals surface area contributed by atoms with Crippen LogP contribution in [-0.2, 0) is 20.2 Å². The zero-order chi connectivity index (χ0) is 32.1. The fraction of sp³-hybridized carbons (Fsp3) is 0.375. The molecule has 0 spiro atoms. The molecule has 236 valence electrons. The van der Waals surface area contributed by atoms with Crippen LogP contribution < -0.4 is 22.1 Å². The number of hydrogen-bond acceptors (Lipinski definition) is 7. The summed E-state index contributed by atoms with van der Waals surface area (Å²) >= 11 is 1.38. The largest absolute Gasteiger partial charge is 0.384 e. The van der Waals surface area contributed by atoms with Crippen molar-refractivity contribution in [3.8, 4) is 11.1 Å². The van der Waals surface area contributed by atoms with Crippen molar-refractivity contribution in [2.24, 2.45) is 16.9 Å². The minimum atomic E-state index is -3.16. The number of alkyl halides is 2. The maximum Gasteiger partial charge on any atom is 0.299 e. The molecule has 4 atom stereocenters. The Morgan fingerprint density at radius 3 is 2.60 bits per heavy atom. The molecule has 13 heteroatoms. The monoisotopic (exact) mass is 636 g/mol. The molecule has 10 nitrogen and oxygen atoms in total. The molecule has 2 fully saturated rings. The Balaban J connectivity index is 1.15. The average molecular weight is 637 g/mol. The first-order chi connectivity index (χ1) is 21.5. The van der Waals surface area contributed by atoms with Gasteiger partial charge in [-0.15, -0.1) is 11.3 Å². The number of nitrogens with two attached hydrogens (primary N) is 2. The van der Waals surface area contributed by atoms with E-state index in [9.17, 15) is 23.2 Å². The van der Waals surface area contributed by atoms with Crippen LogP contribution in [0, 0.1) is 10.8 Å². The highest BCUT2D eigenvalue weighted by Gasteiger charge is 2.67. The van der Waals surface area contributed by atoms with E-state index in [-0.39, 0.29) is 58.0 Å². The molecule has 1 saturated carbocycles. The number of thiophene rings is 1. The van der Waals surface area contributed by atoms with E-state index in [1.165, 1.54) is 35.6 Å². The lowest BCUT2D eigenvalue weighted by molar-refractivity contribution is -0.139. The number of hydrogen-bond donors (Lipinski definition) is 5. The maximum absolute atomic E-state index is 15.0. The fourth-order valence-corrected chi connectivity index (χ4v) is 7.47. The van der Waals surface area contributed by atoms with Crippen LogP contribution in [0.5, 0.6) is 0 Å². The third kappa shape index (κ3) is 5.49. The van der Waals surface area contributed by atoms with E-state index >= 15 is 0 Å². The molecular formula is C32H34F2N6O4S. The summed E-state index contributed by atoms with van der Waals surface area (Å²) in [6.07, 6.45) is 1.07. The molecule has 6 rings (SSSR count). The molecule has 45 heavy (non-hydrogen) atoms. The van der Waals surface area contributed by atoms with Gasteiger partial charge in [0.25, 0.3) is 11.8 Å². The minimum absolute atomic E-state index is 0.0622. The lowest BCUT2D eigenvalue weighted by atomic mass is 10.00. The SMILES string of the molecule is CC(NC(=O)[C@@H]1C[C@]2(COCCN)C[C@@H]2N1C(=O)CNC(=O)c1ccc2c(c1)-c1ccccc1C2(F)F)c1cc(C(=N)N)cs1. The summed E-state index contributed by atoms with van der Waals surface area (Å²) in [5.41, 5.74) is 11.9. The van der Waals surface area contributed by atoms with Gasteiger partial charge in [-0.25, -0.2) is 0 Å². The smallest absolute Gasteiger partial charge is 0.299 e. The maximum atomic E-state index is 15.0. The van der Waals surface area contributed by atoms with Crippen LogP contribution in [-0.4, -0.2) is 66.8 Å². The molecule has 2 heterocycles. The van der Waals surface area contributed by atoms with Crippen molar-refractivity contribution in [2.75, 3.05) is 26.3 Å². The summed E-state index contributed by atoms with van der Waals surface area (Å²) in [6.45, 7) is 2.52. The molecule has 3 amide bonds. The quantitative estimate of drug-likeness (QED) is 0.123. The second-order valence-corrected chi connectivity index (χ2v) is 12.8. The van der Waals surface area contributed by atoms with Gasteiger partial charge in [0.05, 0.1) is 25.8 Å². The van der Waals surface area contributed by atoms with Crippen LogP contribution in [0.15, 0.2) is 53.9 Å². The Labute approximate surface area is 262 Å². The van der Waals surface area contributed by atoms with Crippen molar-refractivity contribution in [3.05, 3.63) is 81.0 Å². The molecular weight excluding hydrogens is 602 g/mol. The average Bonchev–Trinajstić information content (AvgIpc) is 3.31. The predicted octanol–water partition coefficient (Wildman–Crippen LogP) is 3.09. The molecule has 1 aliphatic heterocycles. The third-order valence-electron chi connectivity index (χ3n) is 8.95. The van der Waals surface area contributed by atoms with Crippen molar-refractivity contribution in [2.45, 2.75) is 43.8 Å². The summed E-state index contributed by atoms with van der Waals surface area (Å²) in [6, 6.07) is 10.6. The van der Waals surface area contributed by atoms with Gasteiger partial charge in [-0.05, 0) is 49.1 Å². The van der Waals surface area contributed by atoms with Gasteiger partial charge >= 0.3 is 0 Å². The summed E-state index contributed by atoms with van der Waals surface area (Å²) in [7, 11) is 0. The number of likely N-dealkylation sites (tertiary alicyclic amines) is 1. The van der Waals surface area contributed by atoms with Crippen LogP contribution in [0.4, 0.5) is 8.78 Å². The standard InChI is InChI=1S/C32H34F2N6O4S/c1-17(25-11-19(15-45-25)28(36)37)39-30(43)24-12-31(16-44-9-8-35)13-26(31)40(24)27(41)14-38-29(42)18-6-7-23-21(10-18)20-4-2-3-5-22(20)32(23,33)34/h2-7,10-11,15,17,24,26H,8-9,12-14,16,35H2,1H3,(H3,36,37)(H,38,42)(H,39,43)/t17?,24-,26-,31+/m0/s1. The number of nitrogens with one attached hydrogen (secondary N) is 3. The van der Waals surface area contributed by atoms with E-state index in [4.69, 9.17) is 21.6 Å². The molecule has 1 unspecified atom stereocenters. The highest BCUT2D eigenvalue weighted by Crippen LogP contribution is 2.59. The zero-order valence-corrected chi connectivity index (χ0v) is 25.4. The summed E-state index contributed by atoms with van der Waals surface area (Å²) < 4.78 is 35.6. The molecule has 2 aromatic carbocycles. The van der Waals surface area contributed by atoms with E-state index < -0.39 is 23.8 Å². The predicted molar refractivity (Wildman–Crippen MR) is 165 cm³/mol. The van der Waals surface area contributed by atoms with Gasteiger partial charge in [0.2, 0.25) is 11.8 Å². The van der Waals surface area contributed by atoms with E-state index in [0.717, 1.165) is 4.88 Å². The Bertz CT molecular complexity index is 1700. The van der Waals surface area contributed by atoms with E-state index in [0.29, 0.717) is 43.7 Å². The van der Waals surface area contributed by atoms with E-state index in [1.807, 2.05) is 6.92 Å². The number of amides is 3. The van der Waals surface area contributed by atoms with Crippen LogP contribution in [0.1, 0.15) is 57.7 Å². The summed E-state index contributed by atoms with van der Waals surface area (Å²) in [5, 5.41) is 15.0. The van der Waals surface area contributed by atoms with Crippen LogP contribution in [0.3, 0.4) is 0 Å². The molecule has 3 aromatic rings.